The van der Waals surface area contributed by atoms with Crippen molar-refractivity contribution in [3.05, 3.63) is 134 Å². The van der Waals surface area contributed by atoms with Gasteiger partial charge in [0, 0.05) is 12.8 Å². The summed E-state index contributed by atoms with van der Waals surface area (Å²) in [5.41, 5.74) is 0. The first-order valence-corrected chi connectivity index (χ1v) is 34.3. The second kappa shape index (κ2) is 65.4. The normalized spacial score (nSPS) is 13.6. The van der Waals surface area contributed by atoms with Crippen LogP contribution in [-0.4, -0.2) is 87.4 Å². The van der Waals surface area contributed by atoms with Crippen molar-refractivity contribution in [2.75, 3.05) is 47.5 Å². The van der Waals surface area contributed by atoms with Crippen LogP contribution in [0, 0.1) is 0 Å². The number of carboxylic acid groups (broad SMARTS) is 1. The minimum Gasteiger partial charge on any atom is -0.477 e. The van der Waals surface area contributed by atoms with Gasteiger partial charge in [-0.3, -0.25) is 9.59 Å². The van der Waals surface area contributed by atoms with Crippen molar-refractivity contribution in [2.24, 2.45) is 0 Å². The molecule has 9 heteroatoms. The zero-order valence-corrected chi connectivity index (χ0v) is 55.2. The molecular formula is C76H128NO8+. The van der Waals surface area contributed by atoms with Crippen molar-refractivity contribution in [1.82, 2.24) is 0 Å². The number of nitrogens with zero attached hydrogens (tertiary/aromatic N) is 1. The quantitative estimate of drug-likeness (QED) is 0.0211. The Morgan fingerprint density at radius 1 is 0.353 bits per heavy atom. The van der Waals surface area contributed by atoms with Crippen LogP contribution in [0.3, 0.4) is 0 Å². The fourth-order valence-electron chi connectivity index (χ4n) is 9.24. The average molecular weight is 1180 g/mol. The molecular weight excluding hydrogens is 1050 g/mol. The third kappa shape index (κ3) is 66.8. The number of unbranched alkanes of at least 4 members (excludes halogenated alkanes) is 25. The molecule has 0 bridgehead atoms. The number of hydrogen-bond donors (Lipinski definition) is 1. The summed E-state index contributed by atoms with van der Waals surface area (Å²) in [6, 6.07) is 0. The number of allylic oxidation sites excluding steroid dienone is 22. The van der Waals surface area contributed by atoms with Crippen LogP contribution in [0.2, 0.25) is 0 Å². The predicted molar refractivity (Wildman–Crippen MR) is 364 cm³/mol. The summed E-state index contributed by atoms with van der Waals surface area (Å²) in [6.07, 6.45) is 91.8. The van der Waals surface area contributed by atoms with E-state index in [0.717, 1.165) is 89.9 Å². The van der Waals surface area contributed by atoms with Crippen LogP contribution in [0.4, 0.5) is 0 Å². The first-order valence-electron chi connectivity index (χ1n) is 34.3. The van der Waals surface area contributed by atoms with Gasteiger partial charge >= 0.3 is 17.9 Å². The second-order valence-electron chi connectivity index (χ2n) is 23.7. The number of aliphatic carboxylic acids is 1. The fraction of sp³-hybridized carbons (Fsp3) is 0.671. The van der Waals surface area contributed by atoms with E-state index in [1.165, 1.54) is 148 Å². The molecule has 2 atom stereocenters. The van der Waals surface area contributed by atoms with Gasteiger partial charge in [-0.15, -0.1) is 0 Å². The third-order valence-electron chi connectivity index (χ3n) is 14.4. The Morgan fingerprint density at radius 3 is 0.988 bits per heavy atom. The summed E-state index contributed by atoms with van der Waals surface area (Å²) in [5, 5.41) is 9.72. The van der Waals surface area contributed by atoms with Crippen molar-refractivity contribution in [3.8, 4) is 0 Å². The maximum atomic E-state index is 12.8. The largest absolute Gasteiger partial charge is 0.477 e. The summed E-state index contributed by atoms with van der Waals surface area (Å²) < 4.78 is 22.8. The van der Waals surface area contributed by atoms with Gasteiger partial charge in [0.25, 0.3) is 6.29 Å². The van der Waals surface area contributed by atoms with Crippen molar-refractivity contribution < 1.29 is 42.9 Å². The predicted octanol–water partition coefficient (Wildman–Crippen LogP) is 21.4. The molecule has 0 saturated carbocycles. The van der Waals surface area contributed by atoms with Gasteiger partial charge in [0.05, 0.1) is 34.4 Å². The average Bonchev–Trinajstić information content (AvgIpc) is 3.48. The summed E-state index contributed by atoms with van der Waals surface area (Å²) in [4.78, 5) is 37.5. The monoisotopic (exact) mass is 1180 g/mol. The van der Waals surface area contributed by atoms with Crippen molar-refractivity contribution in [1.29, 1.82) is 0 Å². The van der Waals surface area contributed by atoms with Crippen LogP contribution in [0.15, 0.2) is 134 Å². The van der Waals surface area contributed by atoms with Crippen LogP contribution in [0.25, 0.3) is 0 Å². The van der Waals surface area contributed by atoms with Crippen LogP contribution < -0.4 is 0 Å². The minimum absolute atomic E-state index is 0.131. The van der Waals surface area contributed by atoms with Crippen LogP contribution in [-0.2, 0) is 33.3 Å². The molecule has 0 rings (SSSR count). The van der Waals surface area contributed by atoms with Gasteiger partial charge in [-0.2, -0.15) is 0 Å². The zero-order valence-electron chi connectivity index (χ0n) is 55.2. The van der Waals surface area contributed by atoms with Gasteiger partial charge in [0.1, 0.15) is 13.2 Å². The van der Waals surface area contributed by atoms with Gasteiger partial charge in [0.15, 0.2) is 6.10 Å². The molecule has 0 fully saturated rings. The van der Waals surface area contributed by atoms with Crippen molar-refractivity contribution >= 4 is 17.9 Å². The molecule has 0 spiro atoms. The first-order chi connectivity index (χ1) is 41.6. The van der Waals surface area contributed by atoms with Gasteiger partial charge in [-0.25, -0.2) is 4.79 Å². The van der Waals surface area contributed by atoms with Gasteiger partial charge in [-0.05, 0) is 96.3 Å². The Kier molecular flexibility index (Phi) is 61.9. The van der Waals surface area contributed by atoms with E-state index < -0.39 is 24.3 Å². The number of hydrogen-bond acceptors (Lipinski definition) is 7. The molecule has 1 N–H and O–H groups in total. The van der Waals surface area contributed by atoms with Gasteiger partial charge in [-0.1, -0.05) is 295 Å². The molecule has 0 amide bonds. The molecule has 0 radical (unpaired) electrons. The van der Waals surface area contributed by atoms with Crippen LogP contribution in [0.1, 0.15) is 271 Å². The highest BCUT2D eigenvalue weighted by atomic mass is 16.7. The lowest BCUT2D eigenvalue weighted by Gasteiger charge is -2.25. The molecule has 0 aliphatic carbocycles. The third-order valence-corrected chi connectivity index (χ3v) is 14.4. The van der Waals surface area contributed by atoms with Crippen LogP contribution >= 0.6 is 0 Å². The molecule has 85 heavy (non-hydrogen) atoms. The standard InChI is InChI=1S/C76H127NO8/c1-6-8-10-12-14-16-18-20-22-24-26-27-28-29-30-31-32-33-34-35-36-37-38-39-40-41-42-43-44-45-46-47-49-50-52-54-56-58-60-62-64-66-73(78)83-70-72(71-84-76(75(80)81)82-69-68-77(3,4)5)85-74(79)67-65-63-61-59-57-55-53-51-48-25-23-21-19-17-15-13-11-9-7-2/h8-11,14-17,20-23,26-27,29-30,48,51,55,57,61,63,72,76H,6-7,12-13,18-19,24-25,28,31-47,49-50,52-54,56,58-60,62,64-71H2,1-5H3/p+1/b10-8-,11-9-,16-14-,17-15-,22-20-,23-21-,27-26-,30-29-,51-48-,57-55-,63-61-. The number of carboxylic acids is 1. The lowest BCUT2D eigenvalue weighted by molar-refractivity contribution is -0.870. The van der Waals surface area contributed by atoms with E-state index in [2.05, 4.69) is 135 Å². The number of ether oxygens (including phenoxy) is 4. The summed E-state index contributed by atoms with van der Waals surface area (Å²) in [5.74, 6) is -2.12. The van der Waals surface area contributed by atoms with Gasteiger partial charge in [0.2, 0.25) is 0 Å². The summed E-state index contributed by atoms with van der Waals surface area (Å²) in [6.45, 7) is 4.57. The van der Waals surface area contributed by atoms with E-state index in [1.54, 1.807) is 0 Å². The molecule has 9 nitrogen and oxygen atoms in total. The number of likely N-dealkylation sites (N-methyl/N-ethyl adjacent to an activating group) is 1. The van der Waals surface area contributed by atoms with E-state index >= 15 is 0 Å². The molecule has 0 aliphatic heterocycles. The number of carbonyl (C=O) groups excluding carboxylic acids is 2. The molecule has 0 aliphatic rings. The Hall–Kier alpha value is -4.57. The highest BCUT2D eigenvalue weighted by Crippen LogP contribution is 2.17. The lowest BCUT2D eigenvalue weighted by Crippen LogP contribution is -2.40. The highest BCUT2D eigenvalue weighted by Gasteiger charge is 2.25. The SMILES string of the molecule is CC/C=C\C/C=C\C/C=C\C/C=C\C/C=C\C/C=C\CCC(=O)OC(COC(=O)CCCCCCCCCCCCCCCCCCCCCCCCCCC/C=C\C/C=C\C/C=C\C/C=C\C/C=C\CC)COC(OCC[N+](C)(C)C)C(=O)O. The van der Waals surface area contributed by atoms with E-state index in [-0.39, 0.29) is 38.6 Å². The Bertz CT molecular complexity index is 1860. The summed E-state index contributed by atoms with van der Waals surface area (Å²) >= 11 is 0. The molecule has 2 unspecified atom stereocenters. The molecule has 0 heterocycles. The Balaban J connectivity index is 4.03. The highest BCUT2D eigenvalue weighted by molar-refractivity contribution is 5.71. The fourth-order valence-corrected chi connectivity index (χ4v) is 9.24. The molecule has 484 valence electrons. The van der Waals surface area contributed by atoms with Crippen molar-refractivity contribution in [2.45, 2.75) is 283 Å². The minimum atomic E-state index is -1.54. The van der Waals surface area contributed by atoms with E-state index in [0.29, 0.717) is 17.4 Å². The molecule has 0 aromatic heterocycles. The maximum absolute atomic E-state index is 12.8. The Labute approximate surface area is 522 Å². The van der Waals surface area contributed by atoms with Crippen LogP contribution in [0.5, 0.6) is 0 Å². The summed E-state index contributed by atoms with van der Waals surface area (Å²) in [7, 11) is 5.94. The number of carbonyl (C=O) groups is 3. The molecule has 0 aromatic carbocycles. The lowest BCUT2D eigenvalue weighted by atomic mass is 10.0. The van der Waals surface area contributed by atoms with Gasteiger partial charge < -0.3 is 28.5 Å². The number of rotatable bonds is 62. The van der Waals surface area contributed by atoms with E-state index in [9.17, 15) is 19.5 Å². The smallest absolute Gasteiger partial charge is 0.361 e. The Morgan fingerprint density at radius 2 is 0.659 bits per heavy atom. The second-order valence-corrected chi connectivity index (χ2v) is 23.7. The van der Waals surface area contributed by atoms with E-state index in [1.807, 2.05) is 33.3 Å². The number of quaternary nitrogens is 1. The zero-order chi connectivity index (χ0) is 61.9. The molecule has 0 aromatic rings. The van der Waals surface area contributed by atoms with Crippen molar-refractivity contribution in [3.63, 3.8) is 0 Å². The maximum Gasteiger partial charge on any atom is 0.361 e. The number of esters is 2. The topological polar surface area (TPSA) is 108 Å². The first kappa shape index (κ1) is 80.4. The van der Waals surface area contributed by atoms with E-state index in [4.69, 9.17) is 18.9 Å². The molecule has 0 saturated heterocycles.